The Balaban J connectivity index is 0.000000433. The summed E-state index contributed by atoms with van der Waals surface area (Å²) in [4.78, 5) is 26.0. The SMILES string of the molecule is CCCCc1ccc[n+](CCOC(=O)Nc2ccc(Cc3ccc(N=C=O)cc3)cc2)c1.O=S(=O)([N-]S(=O)(=O)C(F)(F)F)C(F)(F)F. The Labute approximate surface area is 266 Å². The van der Waals surface area contributed by atoms with Gasteiger partial charge in [-0.2, -0.15) is 31.3 Å². The summed E-state index contributed by atoms with van der Waals surface area (Å²) in [5.41, 5.74) is -7.63. The second-order valence-electron chi connectivity index (χ2n) is 9.47. The molecule has 0 atom stereocenters. The van der Waals surface area contributed by atoms with Gasteiger partial charge in [-0.1, -0.05) is 37.6 Å². The third-order valence-electron chi connectivity index (χ3n) is 5.82. The van der Waals surface area contributed by atoms with E-state index in [0.717, 1.165) is 28.1 Å². The number of nitrogens with zero attached hydrogens (tertiary/aromatic N) is 3. The molecule has 1 amide bonds. The van der Waals surface area contributed by atoms with Crippen molar-refractivity contribution >= 4 is 43.6 Å². The van der Waals surface area contributed by atoms with Crippen LogP contribution < -0.4 is 9.88 Å². The van der Waals surface area contributed by atoms with Gasteiger partial charge < -0.3 is 8.86 Å². The van der Waals surface area contributed by atoms with Gasteiger partial charge in [0.25, 0.3) is 0 Å². The first-order valence-electron chi connectivity index (χ1n) is 13.4. The predicted molar refractivity (Wildman–Crippen MR) is 157 cm³/mol. The summed E-state index contributed by atoms with van der Waals surface area (Å²) < 4.78 is 117. The lowest BCUT2D eigenvalue weighted by Gasteiger charge is -2.22. The number of unbranched alkanes of at least 4 members (excludes halogenated alkanes) is 1. The number of benzene rings is 2. The number of ether oxygens (including phenoxy) is 1. The zero-order valence-corrected chi connectivity index (χ0v) is 26.1. The lowest BCUT2D eigenvalue weighted by atomic mass is 10.0. The van der Waals surface area contributed by atoms with Crippen LogP contribution in [0.25, 0.3) is 4.13 Å². The number of halogens is 6. The minimum atomic E-state index is -6.72. The van der Waals surface area contributed by atoms with Crippen molar-refractivity contribution in [1.82, 2.24) is 0 Å². The maximum absolute atomic E-state index is 12.1. The molecule has 0 aliphatic carbocycles. The number of anilines is 1. The Bertz CT molecular complexity index is 1700. The molecule has 0 bridgehead atoms. The number of amides is 1. The molecule has 0 aliphatic heterocycles. The van der Waals surface area contributed by atoms with Crippen molar-refractivity contribution in [3.63, 3.8) is 0 Å². The molecule has 3 rings (SSSR count). The number of nitrogens with one attached hydrogen (secondary N) is 1. The number of carbonyl (C=O) groups excluding carboxylic acids is 2. The van der Waals surface area contributed by atoms with E-state index in [2.05, 4.69) is 29.5 Å². The highest BCUT2D eigenvalue weighted by molar-refractivity contribution is 8.13. The quantitative estimate of drug-likeness (QED) is 0.102. The van der Waals surface area contributed by atoms with E-state index in [9.17, 15) is 52.8 Å². The number of aromatic nitrogens is 1. The molecule has 0 fully saturated rings. The highest BCUT2D eigenvalue weighted by Crippen LogP contribution is 2.36. The monoisotopic (exact) mass is 710 g/mol. The third-order valence-corrected chi connectivity index (χ3v) is 8.56. The van der Waals surface area contributed by atoms with E-state index in [1.165, 1.54) is 24.5 Å². The van der Waals surface area contributed by atoms with Crippen LogP contribution in [0.2, 0.25) is 0 Å². The average Bonchev–Trinajstić information content (AvgIpc) is 2.97. The van der Waals surface area contributed by atoms with Gasteiger partial charge in [0.15, 0.2) is 45.6 Å². The molecule has 1 N–H and O–H groups in total. The number of isocyanates is 1. The number of hydrogen-bond acceptors (Lipinski definition) is 8. The molecular formula is C28H28F6N4O7S2. The van der Waals surface area contributed by atoms with Crippen LogP contribution in [0, 0.1) is 0 Å². The molecular weight excluding hydrogens is 682 g/mol. The van der Waals surface area contributed by atoms with Crippen molar-refractivity contribution in [2.45, 2.75) is 50.2 Å². The zero-order valence-electron chi connectivity index (χ0n) is 24.5. The molecule has 11 nitrogen and oxygen atoms in total. The minimum Gasteiger partial charge on any atom is -0.443 e. The maximum atomic E-state index is 12.1. The van der Waals surface area contributed by atoms with Crippen molar-refractivity contribution < 1.29 is 62.1 Å². The van der Waals surface area contributed by atoms with Gasteiger partial charge in [-0.05, 0) is 60.7 Å². The van der Waals surface area contributed by atoms with Gasteiger partial charge in [-0.15, -0.1) is 0 Å². The normalized spacial score (nSPS) is 11.9. The molecule has 0 unspecified atom stereocenters. The van der Waals surface area contributed by atoms with E-state index in [-0.39, 0.29) is 0 Å². The second kappa shape index (κ2) is 17.0. The lowest BCUT2D eigenvalue weighted by molar-refractivity contribution is -0.698. The van der Waals surface area contributed by atoms with Gasteiger partial charge in [0.05, 0.1) is 5.69 Å². The van der Waals surface area contributed by atoms with E-state index in [0.29, 0.717) is 24.5 Å². The van der Waals surface area contributed by atoms with Crippen LogP contribution in [0.4, 0.5) is 42.5 Å². The summed E-state index contributed by atoms with van der Waals surface area (Å²) in [5.74, 6) is 0. The standard InChI is InChI=1S/C26H27N3O3.C2F6NO4S2/c1-2-3-5-23-6-4-15-29(19-23)16-17-32-26(31)28-25-13-9-22(10-14-25)18-21-7-11-24(12-8-21)27-20-30;3-1(4,5)14(10,11)9-15(12,13)2(6,7)8/h4,6-15,19H,2-3,5,16-18H2,1H3;/q;-1/p+1. The van der Waals surface area contributed by atoms with Gasteiger partial charge in [0.2, 0.25) is 6.08 Å². The molecule has 0 aliphatic rings. The first-order chi connectivity index (χ1) is 21.9. The molecule has 19 heteroatoms. The molecule has 0 saturated carbocycles. The Hall–Kier alpha value is -4.32. The van der Waals surface area contributed by atoms with E-state index in [4.69, 9.17) is 4.74 Å². The number of pyridine rings is 1. The van der Waals surface area contributed by atoms with Crippen LogP contribution in [-0.4, -0.2) is 46.6 Å². The molecule has 2 aromatic carbocycles. The van der Waals surface area contributed by atoms with Gasteiger partial charge in [-0.25, -0.2) is 31.0 Å². The molecule has 0 radical (unpaired) electrons. The summed E-state index contributed by atoms with van der Waals surface area (Å²) in [5, 5.41) is 2.76. The van der Waals surface area contributed by atoms with Gasteiger partial charge in [0, 0.05) is 17.3 Å². The molecule has 1 aromatic heterocycles. The first kappa shape index (κ1) is 38.9. The van der Waals surface area contributed by atoms with Crippen LogP contribution in [-0.2, 0) is 49.0 Å². The van der Waals surface area contributed by atoms with Crippen LogP contribution in [0.15, 0.2) is 78.0 Å². The number of alkyl halides is 6. The molecule has 3 aromatic rings. The summed E-state index contributed by atoms with van der Waals surface area (Å²) in [6.45, 7) is 3.10. The van der Waals surface area contributed by atoms with Crippen molar-refractivity contribution in [3.05, 3.63) is 93.9 Å². The van der Waals surface area contributed by atoms with Crippen LogP contribution in [0.3, 0.4) is 0 Å². The number of aliphatic imine (C=N–C) groups is 1. The lowest BCUT2D eigenvalue weighted by Crippen LogP contribution is -2.36. The van der Waals surface area contributed by atoms with Crippen molar-refractivity contribution in [1.29, 1.82) is 0 Å². The average molecular weight is 711 g/mol. The first-order valence-corrected chi connectivity index (χ1v) is 16.3. The minimum absolute atomic E-state index is 0.302. The van der Waals surface area contributed by atoms with Crippen LogP contribution >= 0.6 is 0 Å². The maximum Gasteiger partial charge on any atom is 0.480 e. The second-order valence-corrected chi connectivity index (χ2v) is 12.9. The van der Waals surface area contributed by atoms with E-state index >= 15 is 0 Å². The van der Waals surface area contributed by atoms with E-state index < -0.39 is 37.2 Å². The third kappa shape index (κ3) is 13.1. The Kier molecular flexibility index (Phi) is 14.1. The summed E-state index contributed by atoms with van der Waals surface area (Å²) >= 11 is 0. The number of hydrogen-bond donors (Lipinski definition) is 1. The van der Waals surface area contributed by atoms with Gasteiger partial charge >= 0.3 is 17.1 Å². The Morgan fingerprint density at radius 2 is 1.45 bits per heavy atom. The molecule has 256 valence electrons. The van der Waals surface area contributed by atoms with Crippen molar-refractivity contribution in [2.75, 3.05) is 11.9 Å². The smallest absolute Gasteiger partial charge is 0.443 e. The largest absolute Gasteiger partial charge is 0.480 e. The Morgan fingerprint density at radius 3 is 1.96 bits per heavy atom. The molecule has 1 heterocycles. The summed E-state index contributed by atoms with van der Waals surface area (Å²) in [7, 11) is -13.4. The molecule has 0 saturated heterocycles. The number of rotatable bonds is 12. The number of sulfonamides is 2. The van der Waals surface area contributed by atoms with Crippen LogP contribution in [0.1, 0.15) is 36.5 Å². The highest BCUT2D eigenvalue weighted by Gasteiger charge is 2.46. The summed E-state index contributed by atoms with van der Waals surface area (Å²) in [6, 6.07) is 19.2. The Morgan fingerprint density at radius 1 is 0.894 bits per heavy atom. The predicted octanol–water partition coefficient (Wildman–Crippen LogP) is 6.18. The van der Waals surface area contributed by atoms with Crippen molar-refractivity contribution in [2.24, 2.45) is 4.99 Å². The topological polar surface area (TPSA) is 154 Å². The zero-order chi connectivity index (χ0) is 35.3. The number of carbonyl (C=O) groups is 1. The van der Waals surface area contributed by atoms with E-state index in [1.807, 2.05) is 53.2 Å². The fourth-order valence-corrected chi connectivity index (χ4v) is 5.25. The summed E-state index contributed by atoms with van der Waals surface area (Å²) in [6.07, 6.45) is 9.31. The number of aryl methyl sites for hydroxylation is 1. The van der Waals surface area contributed by atoms with Gasteiger partial charge in [-0.3, -0.25) is 5.32 Å². The van der Waals surface area contributed by atoms with E-state index in [1.54, 1.807) is 12.1 Å². The molecule has 47 heavy (non-hydrogen) atoms. The molecule has 0 spiro atoms. The van der Waals surface area contributed by atoms with Gasteiger partial charge in [0.1, 0.15) is 0 Å². The fourth-order valence-electron chi connectivity index (χ4n) is 3.54. The van der Waals surface area contributed by atoms with Crippen LogP contribution in [0.5, 0.6) is 0 Å². The van der Waals surface area contributed by atoms with Crippen molar-refractivity contribution in [3.8, 4) is 0 Å². The fraction of sp³-hybridized carbons (Fsp3) is 0.321. The highest BCUT2D eigenvalue weighted by atomic mass is 32.3.